The number of amides is 1. The van der Waals surface area contributed by atoms with Crippen molar-refractivity contribution in [1.29, 1.82) is 0 Å². The SMILES string of the molecule is C[C@@H]1CNC[C@H]1C(=O)N1CCCCc2ccccc21. The van der Waals surface area contributed by atoms with Gasteiger partial charge in [-0.05, 0) is 43.4 Å². The first-order chi connectivity index (χ1) is 9.27. The fourth-order valence-corrected chi connectivity index (χ4v) is 3.26. The number of nitrogens with one attached hydrogen (secondary N) is 1. The molecule has 3 nitrogen and oxygen atoms in total. The lowest BCUT2D eigenvalue weighted by atomic mass is 9.96. The first kappa shape index (κ1) is 12.7. The number of hydrogen-bond donors (Lipinski definition) is 1. The molecule has 1 N–H and O–H groups in total. The number of anilines is 1. The third-order valence-electron chi connectivity index (χ3n) is 4.46. The number of para-hydroxylation sites is 1. The van der Waals surface area contributed by atoms with Gasteiger partial charge in [0.25, 0.3) is 0 Å². The van der Waals surface area contributed by atoms with Gasteiger partial charge in [-0.25, -0.2) is 0 Å². The zero-order valence-corrected chi connectivity index (χ0v) is 11.6. The number of carbonyl (C=O) groups excluding carboxylic acids is 1. The van der Waals surface area contributed by atoms with Crippen LogP contribution in [0, 0.1) is 11.8 Å². The molecular formula is C16H22N2O. The molecule has 0 aliphatic carbocycles. The molecule has 102 valence electrons. The highest BCUT2D eigenvalue weighted by Crippen LogP contribution is 2.29. The van der Waals surface area contributed by atoms with Crippen LogP contribution in [0.15, 0.2) is 24.3 Å². The summed E-state index contributed by atoms with van der Waals surface area (Å²) in [5.74, 6) is 0.904. The summed E-state index contributed by atoms with van der Waals surface area (Å²) in [6, 6.07) is 8.39. The molecule has 19 heavy (non-hydrogen) atoms. The summed E-state index contributed by atoms with van der Waals surface area (Å²) in [5.41, 5.74) is 2.47. The summed E-state index contributed by atoms with van der Waals surface area (Å²) in [4.78, 5) is 14.9. The lowest BCUT2D eigenvalue weighted by molar-refractivity contribution is -0.122. The van der Waals surface area contributed by atoms with E-state index in [1.54, 1.807) is 0 Å². The van der Waals surface area contributed by atoms with Crippen molar-refractivity contribution in [3.8, 4) is 0 Å². The maximum Gasteiger partial charge on any atom is 0.231 e. The van der Waals surface area contributed by atoms with Crippen molar-refractivity contribution in [3.63, 3.8) is 0 Å². The molecule has 3 heteroatoms. The Labute approximate surface area is 115 Å². The van der Waals surface area contributed by atoms with Crippen molar-refractivity contribution in [1.82, 2.24) is 5.32 Å². The summed E-state index contributed by atoms with van der Waals surface area (Å²) >= 11 is 0. The van der Waals surface area contributed by atoms with Gasteiger partial charge in [-0.1, -0.05) is 25.1 Å². The van der Waals surface area contributed by atoms with E-state index in [0.717, 1.165) is 38.2 Å². The quantitative estimate of drug-likeness (QED) is 0.837. The van der Waals surface area contributed by atoms with Gasteiger partial charge in [0, 0.05) is 18.8 Å². The minimum atomic E-state index is 0.145. The van der Waals surface area contributed by atoms with Crippen LogP contribution < -0.4 is 10.2 Å². The van der Waals surface area contributed by atoms with Gasteiger partial charge in [-0.15, -0.1) is 0 Å². The van der Waals surface area contributed by atoms with Gasteiger partial charge in [0.15, 0.2) is 0 Å². The molecule has 0 spiro atoms. The number of fused-ring (bicyclic) bond motifs is 1. The van der Waals surface area contributed by atoms with Gasteiger partial charge in [0.2, 0.25) is 5.91 Å². The van der Waals surface area contributed by atoms with Crippen LogP contribution in [-0.2, 0) is 11.2 Å². The smallest absolute Gasteiger partial charge is 0.231 e. The molecule has 2 aliphatic rings. The minimum absolute atomic E-state index is 0.145. The summed E-state index contributed by atoms with van der Waals surface area (Å²) < 4.78 is 0. The first-order valence-corrected chi connectivity index (χ1v) is 7.37. The predicted molar refractivity (Wildman–Crippen MR) is 77.3 cm³/mol. The van der Waals surface area contributed by atoms with E-state index in [2.05, 4.69) is 30.4 Å². The van der Waals surface area contributed by atoms with Crippen LogP contribution in [0.2, 0.25) is 0 Å². The second-order valence-electron chi connectivity index (χ2n) is 5.82. The summed E-state index contributed by atoms with van der Waals surface area (Å²) in [7, 11) is 0. The second kappa shape index (κ2) is 5.33. The topological polar surface area (TPSA) is 32.3 Å². The molecule has 0 saturated carbocycles. The van der Waals surface area contributed by atoms with Crippen molar-refractivity contribution in [2.45, 2.75) is 26.2 Å². The highest BCUT2D eigenvalue weighted by atomic mass is 16.2. The van der Waals surface area contributed by atoms with Crippen LogP contribution in [0.4, 0.5) is 5.69 Å². The Morgan fingerprint density at radius 1 is 1.26 bits per heavy atom. The Balaban J connectivity index is 1.89. The number of hydrogen-bond acceptors (Lipinski definition) is 2. The monoisotopic (exact) mass is 258 g/mol. The summed E-state index contributed by atoms with van der Waals surface area (Å²) in [6.07, 6.45) is 3.38. The van der Waals surface area contributed by atoms with Crippen molar-refractivity contribution in [2.75, 3.05) is 24.5 Å². The number of nitrogens with zero attached hydrogens (tertiary/aromatic N) is 1. The summed E-state index contributed by atoms with van der Waals surface area (Å²) in [6.45, 7) is 4.84. The molecule has 2 heterocycles. The Hall–Kier alpha value is -1.35. The van der Waals surface area contributed by atoms with Crippen LogP contribution in [0.25, 0.3) is 0 Å². The van der Waals surface area contributed by atoms with Crippen molar-refractivity contribution in [2.24, 2.45) is 11.8 Å². The average molecular weight is 258 g/mol. The Bertz CT molecular complexity index is 472. The van der Waals surface area contributed by atoms with E-state index in [4.69, 9.17) is 0 Å². The number of rotatable bonds is 1. The van der Waals surface area contributed by atoms with E-state index < -0.39 is 0 Å². The van der Waals surface area contributed by atoms with Crippen LogP contribution in [0.1, 0.15) is 25.3 Å². The molecule has 1 aromatic rings. The van der Waals surface area contributed by atoms with E-state index in [1.807, 2.05) is 11.0 Å². The average Bonchev–Trinajstić information content (AvgIpc) is 2.74. The van der Waals surface area contributed by atoms with Crippen molar-refractivity contribution < 1.29 is 4.79 Å². The zero-order valence-electron chi connectivity index (χ0n) is 11.6. The molecule has 3 rings (SSSR count). The molecule has 0 radical (unpaired) electrons. The van der Waals surface area contributed by atoms with Gasteiger partial charge in [-0.2, -0.15) is 0 Å². The molecule has 2 atom stereocenters. The molecule has 0 unspecified atom stereocenters. The molecule has 1 saturated heterocycles. The van der Waals surface area contributed by atoms with Crippen molar-refractivity contribution >= 4 is 11.6 Å². The summed E-state index contributed by atoms with van der Waals surface area (Å²) in [5, 5.41) is 3.33. The highest BCUT2D eigenvalue weighted by Gasteiger charge is 2.34. The highest BCUT2D eigenvalue weighted by molar-refractivity contribution is 5.96. The Kier molecular flexibility index (Phi) is 3.56. The van der Waals surface area contributed by atoms with Gasteiger partial charge in [0.05, 0.1) is 5.92 Å². The predicted octanol–water partition coefficient (Wildman–Crippen LogP) is 2.21. The zero-order chi connectivity index (χ0) is 13.2. The third kappa shape index (κ3) is 2.39. The Morgan fingerprint density at radius 2 is 2.11 bits per heavy atom. The first-order valence-electron chi connectivity index (χ1n) is 7.37. The number of aryl methyl sites for hydroxylation is 1. The standard InChI is InChI=1S/C16H22N2O/c1-12-10-17-11-14(12)16(19)18-9-5-4-7-13-6-2-3-8-15(13)18/h2-3,6,8,12,14,17H,4-5,7,9-11H2,1H3/t12-,14-/m1/s1. The third-order valence-corrected chi connectivity index (χ3v) is 4.46. The maximum absolute atomic E-state index is 12.8. The molecule has 0 bridgehead atoms. The van der Waals surface area contributed by atoms with Crippen LogP contribution >= 0.6 is 0 Å². The van der Waals surface area contributed by atoms with E-state index in [1.165, 1.54) is 12.0 Å². The van der Waals surface area contributed by atoms with Gasteiger partial charge in [-0.3, -0.25) is 4.79 Å². The van der Waals surface area contributed by atoms with Crippen LogP contribution in [0.5, 0.6) is 0 Å². The van der Waals surface area contributed by atoms with E-state index in [0.29, 0.717) is 11.8 Å². The lowest BCUT2D eigenvalue weighted by Gasteiger charge is -2.27. The molecule has 0 aromatic heterocycles. The number of benzene rings is 1. The van der Waals surface area contributed by atoms with Gasteiger partial charge < -0.3 is 10.2 Å². The maximum atomic E-state index is 12.8. The molecule has 1 amide bonds. The normalized spacial score (nSPS) is 26.9. The molecule has 2 aliphatic heterocycles. The second-order valence-corrected chi connectivity index (χ2v) is 5.82. The lowest BCUT2D eigenvalue weighted by Crippen LogP contribution is -2.39. The van der Waals surface area contributed by atoms with Crippen LogP contribution in [-0.4, -0.2) is 25.5 Å². The van der Waals surface area contributed by atoms with Gasteiger partial charge >= 0.3 is 0 Å². The van der Waals surface area contributed by atoms with E-state index in [-0.39, 0.29) is 5.92 Å². The minimum Gasteiger partial charge on any atom is -0.316 e. The van der Waals surface area contributed by atoms with E-state index in [9.17, 15) is 4.79 Å². The molecular weight excluding hydrogens is 236 g/mol. The fourth-order valence-electron chi connectivity index (χ4n) is 3.26. The molecule has 1 aromatic carbocycles. The van der Waals surface area contributed by atoms with Crippen LogP contribution in [0.3, 0.4) is 0 Å². The number of carbonyl (C=O) groups is 1. The van der Waals surface area contributed by atoms with Crippen molar-refractivity contribution in [3.05, 3.63) is 29.8 Å². The Morgan fingerprint density at radius 3 is 2.89 bits per heavy atom. The largest absolute Gasteiger partial charge is 0.316 e. The fraction of sp³-hybridized carbons (Fsp3) is 0.562. The van der Waals surface area contributed by atoms with E-state index >= 15 is 0 Å². The van der Waals surface area contributed by atoms with Gasteiger partial charge in [0.1, 0.15) is 0 Å². The molecule has 1 fully saturated rings.